The predicted octanol–water partition coefficient (Wildman–Crippen LogP) is 4.94. The van der Waals surface area contributed by atoms with E-state index in [4.69, 9.17) is 4.99 Å². The van der Waals surface area contributed by atoms with Crippen LogP contribution in [0.3, 0.4) is 0 Å². The van der Waals surface area contributed by atoms with E-state index in [0.717, 1.165) is 39.6 Å². The quantitative estimate of drug-likeness (QED) is 0.685. The topological polar surface area (TPSA) is 49.7 Å². The van der Waals surface area contributed by atoms with Crippen molar-refractivity contribution in [3.8, 4) is 5.75 Å². The molecule has 1 aliphatic rings. The molecule has 3 aromatic carbocycles. The van der Waals surface area contributed by atoms with Crippen LogP contribution in [0, 0.1) is 0 Å². The van der Waals surface area contributed by atoms with Crippen molar-refractivity contribution in [3.05, 3.63) is 77.4 Å². The van der Waals surface area contributed by atoms with Crippen LogP contribution >= 0.6 is 0 Å². The van der Waals surface area contributed by atoms with Crippen molar-refractivity contribution in [2.45, 2.75) is 32.2 Å². The highest BCUT2D eigenvalue weighted by atomic mass is 16.3. The Bertz CT molecular complexity index is 1040. The molecule has 3 heteroatoms. The first kappa shape index (κ1) is 16.5. The van der Waals surface area contributed by atoms with Gasteiger partial charge < -0.3 is 5.11 Å². The van der Waals surface area contributed by atoms with Crippen LogP contribution in [0.4, 0.5) is 0 Å². The maximum Gasteiger partial charge on any atom is 0.169 e. The molecule has 1 aliphatic heterocycles. The highest BCUT2D eigenvalue weighted by Crippen LogP contribution is 2.31. The number of Topliss-reactive ketones (excluding diaryl/α,β-unsaturated/α-hetero) is 1. The van der Waals surface area contributed by atoms with Crippen LogP contribution in [0.2, 0.25) is 0 Å². The lowest BCUT2D eigenvalue weighted by Crippen LogP contribution is -2.30. The number of fused-ring (bicyclic) bond motifs is 2. The maximum absolute atomic E-state index is 13.1. The van der Waals surface area contributed by atoms with E-state index in [2.05, 4.69) is 13.8 Å². The van der Waals surface area contributed by atoms with Gasteiger partial charge in [-0.15, -0.1) is 0 Å². The molecule has 3 aromatic rings. The molecule has 0 radical (unpaired) electrons. The molecule has 0 amide bonds. The summed E-state index contributed by atoms with van der Waals surface area (Å²) in [7, 11) is 0. The zero-order valence-electron chi connectivity index (χ0n) is 15.0. The van der Waals surface area contributed by atoms with Gasteiger partial charge in [-0.25, -0.2) is 0 Å². The Balaban J connectivity index is 1.75. The van der Waals surface area contributed by atoms with E-state index in [1.54, 1.807) is 12.1 Å². The van der Waals surface area contributed by atoms with E-state index in [1.807, 2.05) is 48.5 Å². The lowest BCUT2D eigenvalue weighted by atomic mass is 9.85. The standard InChI is InChI=1S/C23H21NO2/c1-23(2)14-16-10-11-17(25)12-20(16)21(24-23)13-22(26)19-9-5-7-15-6-3-4-8-18(15)19/h3-12,25H,13-14H2,1-2H3. The third kappa shape index (κ3) is 3.01. The smallest absolute Gasteiger partial charge is 0.169 e. The highest BCUT2D eigenvalue weighted by Gasteiger charge is 2.28. The van der Waals surface area contributed by atoms with Gasteiger partial charge >= 0.3 is 0 Å². The minimum absolute atomic E-state index is 0.0487. The van der Waals surface area contributed by atoms with Crippen LogP contribution in [-0.2, 0) is 6.42 Å². The molecule has 0 bridgehead atoms. The summed E-state index contributed by atoms with van der Waals surface area (Å²) in [6, 6.07) is 19.1. The van der Waals surface area contributed by atoms with Crippen molar-refractivity contribution in [2.75, 3.05) is 0 Å². The Morgan fingerprint density at radius 2 is 1.85 bits per heavy atom. The fourth-order valence-electron chi connectivity index (χ4n) is 3.77. The first-order valence-electron chi connectivity index (χ1n) is 8.85. The highest BCUT2D eigenvalue weighted by molar-refractivity contribution is 6.20. The Labute approximate surface area is 153 Å². The minimum Gasteiger partial charge on any atom is -0.508 e. The molecule has 0 saturated heterocycles. The maximum atomic E-state index is 13.1. The first-order chi connectivity index (χ1) is 12.4. The van der Waals surface area contributed by atoms with Crippen LogP contribution < -0.4 is 0 Å². The Morgan fingerprint density at radius 1 is 1.08 bits per heavy atom. The molecule has 130 valence electrons. The van der Waals surface area contributed by atoms with Crippen molar-refractivity contribution in [3.63, 3.8) is 0 Å². The first-order valence-corrected chi connectivity index (χ1v) is 8.85. The summed E-state index contributed by atoms with van der Waals surface area (Å²) in [5, 5.41) is 11.9. The summed E-state index contributed by atoms with van der Waals surface area (Å²) in [5.41, 5.74) is 3.24. The van der Waals surface area contributed by atoms with Crippen molar-refractivity contribution in [1.29, 1.82) is 0 Å². The molecule has 1 N–H and O–H groups in total. The van der Waals surface area contributed by atoms with Gasteiger partial charge in [0.25, 0.3) is 0 Å². The second kappa shape index (κ2) is 6.10. The largest absolute Gasteiger partial charge is 0.508 e. The summed E-state index contributed by atoms with van der Waals surface area (Å²) in [6.45, 7) is 4.15. The number of aromatic hydroxyl groups is 1. The molecular formula is C23H21NO2. The molecule has 0 aromatic heterocycles. The fraction of sp³-hybridized carbons (Fsp3) is 0.217. The molecule has 0 spiro atoms. The van der Waals surface area contributed by atoms with Gasteiger partial charge in [-0.05, 0) is 48.7 Å². The zero-order chi connectivity index (χ0) is 18.3. The summed E-state index contributed by atoms with van der Waals surface area (Å²) in [5.74, 6) is 0.251. The molecule has 1 heterocycles. The van der Waals surface area contributed by atoms with Gasteiger partial charge in [0.2, 0.25) is 0 Å². The van der Waals surface area contributed by atoms with Crippen LogP contribution in [0.1, 0.15) is 41.8 Å². The number of benzene rings is 3. The zero-order valence-corrected chi connectivity index (χ0v) is 15.0. The predicted molar refractivity (Wildman–Crippen MR) is 105 cm³/mol. The number of carbonyl (C=O) groups excluding carboxylic acids is 1. The molecule has 0 fully saturated rings. The van der Waals surface area contributed by atoms with Gasteiger partial charge in [0.05, 0.1) is 17.7 Å². The van der Waals surface area contributed by atoms with E-state index in [1.165, 1.54) is 0 Å². The van der Waals surface area contributed by atoms with Crippen LogP contribution in [0.25, 0.3) is 10.8 Å². The number of hydrogen-bond donors (Lipinski definition) is 1. The minimum atomic E-state index is -0.252. The van der Waals surface area contributed by atoms with Crippen molar-refractivity contribution in [2.24, 2.45) is 4.99 Å². The number of phenols is 1. The normalized spacial score (nSPS) is 15.4. The number of aliphatic imine (C=N–C) groups is 1. The van der Waals surface area contributed by atoms with Crippen LogP contribution in [-0.4, -0.2) is 22.1 Å². The number of ketones is 1. The average Bonchev–Trinajstić information content (AvgIpc) is 2.61. The summed E-state index contributed by atoms with van der Waals surface area (Å²) >= 11 is 0. The van der Waals surface area contributed by atoms with E-state index >= 15 is 0 Å². The van der Waals surface area contributed by atoms with Crippen molar-refractivity contribution < 1.29 is 9.90 Å². The molecule has 0 unspecified atom stereocenters. The van der Waals surface area contributed by atoms with Crippen molar-refractivity contribution >= 4 is 22.3 Å². The van der Waals surface area contributed by atoms with E-state index in [0.29, 0.717) is 0 Å². The Morgan fingerprint density at radius 3 is 2.69 bits per heavy atom. The fourth-order valence-corrected chi connectivity index (χ4v) is 3.77. The van der Waals surface area contributed by atoms with Gasteiger partial charge in [-0.1, -0.05) is 48.5 Å². The molecule has 0 saturated carbocycles. The molecular weight excluding hydrogens is 322 g/mol. The van der Waals surface area contributed by atoms with E-state index in [9.17, 15) is 9.90 Å². The summed E-state index contributed by atoms with van der Waals surface area (Å²) in [6.07, 6.45) is 1.03. The number of hydrogen-bond acceptors (Lipinski definition) is 3. The molecule has 4 rings (SSSR count). The SMILES string of the molecule is CC1(C)Cc2ccc(O)cc2C(CC(=O)c2cccc3ccccc23)=N1. The lowest BCUT2D eigenvalue weighted by molar-refractivity contribution is 0.100. The molecule has 3 nitrogen and oxygen atoms in total. The number of carbonyl (C=O) groups is 1. The second-order valence-corrected chi connectivity index (χ2v) is 7.52. The molecule has 0 atom stereocenters. The van der Waals surface area contributed by atoms with Crippen LogP contribution in [0.5, 0.6) is 5.75 Å². The van der Waals surface area contributed by atoms with Gasteiger partial charge in [0.15, 0.2) is 5.78 Å². The lowest BCUT2D eigenvalue weighted by Gasteiger charge is -2.29. The summed E-state index contributed by atoms with van der Waals surface area (Å²) in [4.78, 5) is 17.9. The second-order valence-electron chi connectivity index (χ2n) is 7.52. The van der Waals surface area contributed by atoms with Gasteiger partial charge in [-0.2, -0.15) is 0 Å². The van der Waals surface area contributed by atoms with Gasteiger partial charge in [0, 0.05) is 11.1 Å². The Kier molecular flexibility index (Phi) is 3.87. The monoisotopic (exact) mass is 343 g/mol. The van der Waals surface area contributed by atoms with E-state index < -0.39 is 0 Å². The third-order valence-corrected chi connectivity index (χ3v) is 4.88. The summed E-state index contributed by atoms with van der Waals surface area (Å²) < 4.78 is 0. The van der Waals surface area contributed by atoms with Gasteiger partial charge in [0.1, 0.15) is 5.75 Å². The number of nitrogens with zero attached hydrogens (tertiary/aromatic N) is 1. The molecule has 0 aliphatic carbocycles. The van der Waals surface area contributed by atoms with Crippen LogP contribution in [0.15, 0.2) is 65.7 Å². The number of rotatable bonds is 3. The third-order valence-electron chi connectivity index (χ3n) is 4.88. The van der Waals surface area contributed by atoms with E-state index in [-0.39, 0.29) is 23.5 Å². The number of phenolic OH excluding ortho intramolecular Hbond substituents is 1. The van der Waals surface area contributed by atoms with Gasteiger partial charge in [-0.3, -0.25) is 9.79 Å². The Hall–Kier alpha value is -2.94. The molecule has 26 heavy (non-hydrogen) atoms. The van der Waals surface area contributed by atoms with Crippen molar-refractivity contribution in [1.82, 2.24) is 0 Å². The average molecular weight is 343 g/mol.